The summed E-state index contributed by atoms with van der Waals surface area (Å²) in [6.45, 7) is 4.21. The molecule has 8 nitrogen and oxygen atoms in total. The summed E-state index contributed by atoms with van der Waals surface area (Å²) in [5.41, 5.74) is 8.60. The molecule has 1 saturated heterocycles. The molecular weight excluding hydrogens is 376 g/mol. The molecule has 1 aliphatic rings. The normalized spacial score (nSPS) is 14.2. The lowest BCUT2D eigenvalue weighted by Crippen LogP contribution is -2.36. The van der Waals surface area contributed by atoms with E-state index in [0.717, 1.165) is 34.1 Å². The zero-order chi connectivity index (χ0) is 19.7. The predicted molar refractivity (Wildman–Crippen MR) is 112 cm³/mol. The average Bonchev–Trinajstić information content (AvgIpc) is 3.09. The van der Waals surface area contributed by atoms with Crippen LogP contribution in [0.4, 0.5) is 16.5 Å². The molecule has 4 rings (SSSR count). The van der Waals surface area contributed by atoms with Crippen molar-refractivity contribution in [2.75, 3.05) is 42.3 Å². The maximum Gasteiger partial charge on any atom is 0.221 e. The Morgan fingerprint density at radius 3 is 2.86 bits per heavy atom. The fourth-order valence-electron chi connectivity index (χ4n) is 3.20. The van der Waals surface area contributed by atoms with Crippen LogP contribution in [-0.4, -0.2) is 48.4 Å². The molecule has 0 bridgehead atoms. The Morgan fingerprint density at radius 1 is 1.36 bits per heavy atom. The molecule has 1 fully saturated rings. The van der Waals surface area contributed by atoms with E-state index in [4.69, 9.17) is 25.8 Å². The van der Waals surface area contributed by atoms with Crippen LogP contribution in [0.1, 0.15) is 12.5 Å². The number of fused-ring (bicyclic) bond motifs is 1. The summed E-state index contributed by atoms with van der Waals surface area (Å²) in [4.78, 5) is 23.2. The number of aromatic nitrogens is 2. The highest BCUT2D eigenvalue weighted by molar-refractivity contribution is 7.23. The first-order valence-corrected chi connectivity index (χ1v) is 9.69. The molecule has 9 heteroatoms. The molecule has 0 atom stereocenters. The Kier molecular flexibility index (Phi) is 4.93. The molecule has 1 aliphatic heterocycles. The van der Waals surface area contributed by atoms with E-state index in [1.165, 1.54) is 24.5 Å². The quantitative estimate of drug-likeness (QED) is 0.461. The van der Waals surface area contributed by atoms with Crippen LogP contribution in [-0.2, 0) is 9.53 Å². The van der Waals surface area contributed by atoms with E-state index in [0.29, 0.717) is 35.9 Å². The summed E-state index contributed by atoms with van der Waals surface area (Å²) in [5, 5.41) is 11.3. The van der Waals surface area contributed by atoms with E-state index in [1.807, 2.05) is 18.2 Å². The number of anilines is 3. The first kappa shape index (κ1) is 18.3. The number of ether oxygens (including phenoxy) is 1. The average molecular weight is 396 g/mol. The highest BCUT2D eigenvalue weighted by Crippen LogP contribution is 2.37. The van der Waals surface area contributed by atoms with Gasteiger partial charge in [-0.1, -0.05) is 12.1 Å². The first-order chi connectivity index (χ1) is 13.6. The van der Waals surface area contributed by atoms with Crippen LogP contribution < -0.4 is 16.0 Å². The summed E-state index contributed by atoms with van der Waals surface area (Å²) < 4.78 is 6.38. The van der Waals surface area contributed by atoms with Crippen LogP contribution in [0.2, 0.25) is 0 Å². The van der Waals surface area contributed by atoms with Gasteiger partial charge in [-0.3, -0.25) is 4.79 Å². The number of benzene rings is 1. The number of nitrogens with two attached hydrogens (primary N) is 1. The van der Waals surface area contributed by atoms with Crippen molar-refractivity contribution in [1.82, 2.24) is 9.97 Å². The second-order valence-electron chi connectivity index (χ2n) is 6.43. The third-order valence-corrected chi connectivity index (χ3v) is 5.52. The molecule has 3 aromatic rings. The van der Waals surface area contributed by atoms with Gasteiger partial charge in [0.1, 0.15) is 0 Å². The molecule has 0 spiro atoms. The first-order valence-electron chi connectivity index (χ1n) is 8.88. The maximum atomic E-state index is 11.5. The van der Waals surface area contributed by atoms with Gasteiger partial charge in [-0.25, -0.2) is 9.97 Å². The monoisotopic (exact) mass is 396 g/mol. The number of nitrogen functional groups attached to an aromatic ring is 1. The minimum absolute atomic E-state index is 0.130. The fourth-order valence-corrected chi connectivity index (χ4v) is 4.26. The smallest absolute Gasteiger partial charge is 0.221 e. The van der Waals surface area contributed by atoms with Crippen molar-refractivity contribution in [2.24, 2.45) is 0 Å². The van der Waals surface area contributed by atoms with Gasteiger partial charge in [0.05, 0.1) is 28.4 Å². The summed E-state index contributed by atoms with van der Waals surface area (Å²) in [5.74, 6) is 1.19. The number of thiophene rings is 1. The van der Waals surface area contributed by atoms with Crippen LogP contribution in [0.3, 0.4) is 0 Å². The molecule has 2 aromatic heterocycles. The van der Waals surface area contributed by atoms with Crippen molar-refractivity contribution >= 4 is 50.2 Å². The van der Waals surface area contributed by atoms with Gasteiger partial charge in [0, 0.05) is 43.0 Å². The highest BCUT2D eigenvalue weighted by atomic mass is 32.1. The van der Waals surface area contributed by atoms with Gasteiger partial charge in [-0.05, 0) is 12.1 Å². The Labute approximate surface area is 165 Å². The summed E-state index contributed by atoms with van der Waals surface area (Å²) in [6.07, 6.45) is 1.23. The number of amides is 1. The number of rotatable bonds is 4. The molecular formula is C19H20N6O2S. The van der Waals surface area contributed by atoms with Crippen molar-refractivity contribution in [3.8, 4) is 11.4 Å². The van der Waals surface area contributed by atoms with Gasteiger partial charge in [-0.15, -0.1) is 11.3 Å². The zero-order valence-corrected chi connectivity index (χ0v) is 16.2. The minimum atomic E-state index is -0.130. The van der Waals surface area contributed by atoms with Crippen LogP contribution in [0.15, 0.2) is 24.3 Å². The van der Waals surface area contributed by atoms with Gasteiger partial charge < -0.3 is 26.1 Å². The zero-order valence-electron chi connectivity index (χ0n) is 15.4. The van der Waals surface area contributed by atoms with Crippen LogP contribution in [0, 0.1) is 5.41 Å². The summed E-state index contributed by atoms with van der Waals surface area (Å²) in [6, 6.07) is 7.30. The predicted octanol–water partition coefficient (Wildman–Crippen LogP) is 2.73. The Hall–Kier alpha value is -3.04. The van der Waals surface area contributed by atoms with Gasteiger partial charge in [-0.2, -0.15) is 0 Å². The van der Waals surface area contributed by atoms with Gasteiger partial charge in [0.15, 0.2) is 11.6 Å². The van der Waals surface area contributed by atoms with Crippen LogP contribution >= 0.6 is 11.3 Å². The second-order valence-corrected chi connectivity index (χ2v) is 7.48. The molecule has 144 valence electrons. The van der Waals surface area contributed by atoms with Gasteiger partial charge in [0.2, 0.25) is 5.91 Å². The largest absolute Gasteiger partial charge is 0.398 e. The third kappa shape index (κ3) is 3.41. The van der Waals surface area contributed by atoms with Crippen molar-refractivity contribution in [3.63, 3.8) is 0 Å². The molecule has 0 unspecified atom stereocenters. The van der Waals surface area contributed by atoms with Gasteiger partial charge in [0.25, 0.3) is 0 Å². The Bertz CT molecular complexity index is 1060. The minimum Gasteiger partial charge on any atom is -0.398 e. The number of nitrogens with zero attached hydrogens (tertiary/aromatic N) is 3. The van der Waals surface area contributed by atoms with Gasteiger partial charge >= 0.3 is 0 Å². The molecule has 0 saturated carbocycles. The number of hydrogen-bond acceptors (Lipinski definition) is 8. The summed E-state index contributed by atoms with van der Waals surface area (Å²) >= 11 is 1.45. The lowest BCUT2D eigenvalue weighted by molar-refractivity contribution is -0.114. The van der Waals surface area contributed by atoms with Crippen molar-refractivity contribution in [3.05, 3.63) is 29.8 Å². The molecule has 4 N–H and O–H groups in total. The topological polar surface area (TPSA) is 117 Å². The fraction of sp³-hybridized carbons (Fsp3) is 0.263. The SMILES string of the molecule is CC(=O)Nc1cc2nc(-c3cccc(N)c3C=N)nc(N3CCOCC3)c2s1. The number of morpholine rings is 1. The van der Waals surface area contributed by atoms with Crippen LogP contribution in [0.5, 0.6) is 0 Å². The summed E-state index contributed by atoms with van der Waals surface area (Å²) in [7, 11) is 0. The molecule has 0 radical (unpaired) electrons. The van der Waals surface area contributed by atoms with Crippen LogP contribution in [0.25, 0.3) is 21.6 Å². The van der Waals surface area contributed by atoms with Crippen molar-refractivity contribution in [2.45, 2.75) is 6.92 Å². The van der Waals surface area contributed by atoms with E-state index in [-0.39, 0.29) is 5.91 Å². The molecule has 28 heavy (non-hydrogen) atoms. The van der Waals surface area contributed by atoms with E-state index < -0.39 is 0 Å². The number of carbonyl (C=O) groups excluding carboxylic acids is 1. The van der Waals surface area contributed by atoms with E-state index >= 15 is 0 Å². The maximum absolute atomic E-state index is 11.5. The van der Waals surface area contributed by atoms with E-state index in [9.17, 15) is 4.79 Å². The number of carbonyl (C=O) groups is 1. The lowest BCUT2D eigenvalue weighted by Gasteiger charge is -2.28. The van der Waals surface area contributed by atoms with Crippen molar-refractivity contribution < 1.29 is 9.53 Å². The molecule has 3 heterocycles. The Morgan fingerprint density at radius 2 is 2.14 bits per heavy atom. The van der Waals surface area contributed by atoms with E-state index in [2.05, 4.69) is 10.2 Å². The highest BCUT2D eigenvalue weighted by Gasteiger charge is 2.21. The lowest BCUT2D eigenvalue weighted by atomic mass is 10.1. The number of hydrogen-bond donors (Lipinski definition) is 3. The second kappa shape index (κ2) is 7.53. The molecule has 0 aliphatic carbocycles. The third-order valence-electron chi connectivity index (χ3n) is 4.49. The molecule has 1 aromatic carbocycles. The molecule has 1 amide bonds. The Balaban J connectivity index is 1.91. The number of nitrogens with one attached hydrogen (secondary N) is 2. The van der Waals surface area contributed by atoms with E-state index in [1.54, 1.807) is 6.07 Å². The standard InChI is InChI=1S/C19H20N6O2S/c1-11(26)22-16-9-15-17(28-16)19(25-5-7-27-8-6-25)24-18(23-15)12-3-2-4-14(21)13(12)10-20/h2-4,9-10,20H,5-8,21H2,1H3,(H,22,26). The van der Waals surface area contributed by atoms with Crippen molar-refractivity contribution in [1.29, 1.82) is 5.41 Å².